The lowest BCUT2D eigenvalue weighted by Gasteiger charge is -2.34. The molecule has 2 heterocycles. The molecule has 0 saturated carbocycles. The molecular weight excluding hydrogens is 406 g/mol. The van der Waals surface area contributed by atoms with E-state index in [0.29, 0.717) is 23.6 Å². The Balaban J connectivity index is 1.57. The lowest BCUT2D eigenvalue weighted by Crippen LogP contribution is -2.31. The average molecular weight is 429 g/mol. The van der Waals surface area contributed by atoms with Crippen molar-refractivity contribution >= 4 is 22.8 Å². The van der Waals surface area contributed by atoms with Crippen molar-refractivity contribution in [1.82, 2.24) is 0 Å². The van der Waals surface area contributed by atoms with E-state index in [1.807, 2.05) is 36.4 Å². The van der Waals surface area contributed by atoms with Gasteiger partial charge in [-0.3, -0.25) is 14.9 Å². The molecule has 1 aliphatic heterocycles. The largest absolute Gasteiger partial charge is 0.459 e. The van der Waals surface area contributed by atoms with Crippen LogP contribution in [0.3, 0.4) is 0 Å². The molecule has 7 nitrogen and oxygen atoms in total. The number of nitro groups is 1. The fraction of sp³-hybridized carbons (Fsp3) is 0.240. The second-order valence-electron chi connectivity index (χ2n) is 9.10. The topological polar surface area (TPSA) is 97.4 Å². The minimum Gasteiger partial charge on any atom is -0.459 e. The van der Waals surface area contributed by atoms with Gasteiger partial charge in [0.2, 0.25) is 0 Å². The third-order valence-electron chi connectivity index (χ3n) is 6.02. The number of nitrogens with zero attached hydrogens (tertiary/aromatic N) is 1. The zero-order valence-electron chi connectivity index (χ0n) is 17.8. The van der Waals surface area contributed by atoms with Crippen molar-refractivity contribution in [2.24, 2.45) is 5.41 Å². The van der Waals surface area contributed by atoms with Gasteiger partial charge < -0.3 is 15.1 Å². The molecule has 1 atom stereocenters. The van der Waals surface area contributed by atoms with E-state index in [-0.39, 0.29) is 22.9 Å². The molecule has 7 heteroatoms. The number of Topliss-reactive ketones (excluding diaryl/α,β-unsaturated/α-hetero) is 1. The van der Waals surface area contributed by atoms with Crippen LogP contribution in [0.25, 0.3) is 11.3 Å². The van der Waals surface area contributed by atoms with Crippen LogP contribution in [0.1, 0.15) is 38.5 Å². The number of allylic oxidation sites excluding steroid dienone is 1. The van der Waals surface area contributed by atoms with E-state index in [2.05, 4.69) is 24.5 Å². The van der Waals surface area contributed by atoms with Crippen molar-refractivity contribution < 1.29 is 14.1 Å². The predicted octanol–water partition coefficient (Wildman–Crippen LogP) is 6.08. The second kappa shape index (κ2) is 7.37. The third-order valence-corrected chi connectivity index (χ3v) is 6.02. The van der Waals surface area contributed by atoms with Gasteiger partial charge in [0.25, 0.3) is 5.69 Å². The second-order valence-corrected chi connectivity index (χ2v) is 9.10. The number of fused-ring (bicyclic) bond motifs is 1. The van der Waals surface area contributed by atoms with Gasteiger partial charge in [0, 0.05) is 24.1 Å². The van der Waals surface area contributed by atoms with E-state index in [9.17, 15) is 14.9 Å². The van der Waals surface area contributed by atoms with Gasteiger partial charge in [-0.1, -0.05) is 26.0 Å². The monoisotopic (exact) mass is 429 g/mol. The van der Waals surface area contributed by atoms with Gasteiger partial charge in [-0.25, -0.2) is 0 Å². The van der Waals surface area contributed by atoms with E-state index in [1.54, 1.807) is 12.1 Å². The highest BCUT2D eigenvalue weighted by atomic mass is 16.6. The van der Waals surface area contributed by atoms with E-state index >= 15 is 0 Å². The van der Waals surface area contributed by atoms with E-state index in [4.69, 9.17) is 4.42 Å². The number of non-ortho nitro benzene ring substituents is 1. The summed E-state index contributed by atoms with van der Waals surface area (Å²) >= 11 is 0. The van der Waals surface area contributed by atoms with Gasteiger partial charge in [-0.15, -0.1) is 0 Å². The Labute approximate surface area is 185 Å². The van der Waals surface area contributed by atoms with Crippen LogP contribution in [0.2, 0.25) is 0 Å². The molecule has 2 N–H and O–H groups in total. The molecule has 5 rings (SSSR count). The molecule has 0 amide bonds. The Morgan fingerprint density at radius 1 is 1.00 bits per heavy atom. The first-order valence-electron chi connectivity index (χ1n) is 10.5. The number of carbonyl (C=O) groups excluding carboxylic acids is 1. The summed E-state index contributed by atoms with van der Waals surface area (Å²) in [5.41, 5.74) is 4.01. The molecule has 0 saturated heterocycles. The first-order chi connectivity index (χ1) is 15.3. The molecular formula is C25H23N3O4. The molecule has 3 aromatic rings. The van der Waals surface area contributed by atoms with Crippen LogP contribution in [-0.2, 0) is 4.79 Å². The summed E-state index contributed by atoms with van der Waals surface area (Å²) in [5, 5.41) is 17.9. The van der Waals surface area contributed by atoms with Crippen molar-refractivity contribution in [3.8, 4) is 11.3 Å². The number of ketones is 1. The molecule has 1 aromatic heterocycles. The van der Waals surface area contributed by atoms with Crippen LogP contribution in [0.4, 0.5) is 17.1 Å². The maximum Gasteiger partial charge on any atom is 0.269 e. The van der Waals surface area contributed by atoms with E-state index < -0.39 is 4.92 Å². The number of rotatable bonds is 3. The van der Waals surface area contributed by atoms with Crippen molar-refractivity contribution in [3.05, 3.63) is 87.8 Å². The maximum absolute atomic E-state index is 13.1. The Morgan fingerprint density at radius 3 is 2.44 bits per heavy atom. The summed E-state index contributed by atoms with van der Waals surface area (Å²) in [5.74, 6) is 1.41. The average Bonchev–Trinajstić information content (AvgIpc) is 3.18. The van der Waals surface area contributed by atoms with Crippen molar-refractivity contribution in [2.45, 2.75) is 32.7 Å². The number of para-hydroxylation sites is 2. The molecule has 0 bridgehead atoms. The summed E-state index contributed by atoms with van der Waals surface area (Å²) in [7, 11) is 0. The van der Waals surface area contributed by atoms with Gasteiger partial charge in [0.05, 0.1) is 22.0 Å². The lowest BCUT2D eigenvalue weighted by atomic mass is 9.73. The minimum absolute atomic E-state index is 0.0337. The number of hydrogen-bond donors (Lipinski definition) is 2. The van der Waals surface area contributed by atoms with Gasteiger partial charge in [-0.05, 0) is 53.8 Å². The van der Waals surface area contributed by atoms with Crippen molar-refractivity contribution in [2.75, 3.05) is 10.6 Å². The Hall–Kier alpha value is -3.87. The molecule has 32 heavy (non-hydrogen) atoms. The molecule has 1 unspecified atom stereocenters. The van der Waals surface area contributed by atoms with Gasteiger partial charge in [-0.2, -0.15) is 0 Å². The van der Waals surface area contributed by atoms with Crippen LogP contribution >= 0.6 is 0 Å². The van der Waals surface area contributed by atoms with Crippen molar-refractivity contribution in [3.63, 3.8) is 0 Å². The molecule has 0 spiro atoms. The zero-order chi connectivity index (χ0) is 22.5. The maximum atomic E-state index is 13.1. The highest BCUT2D eigenvalue weighted by Gasteiger charge is 2.39. The Bertz CT molecular complexity index is 1250. The molecule has 0 radical (unpaired) electrons. The first kappa shape index (κ1) is 20.1. The lowest BCUT2D eigenvalue weighted by molar-refractivity contribution is -0.384. The van der Waals surface area contributed by atoms with Crippen LogP contribution in [0.15, 0.2) is 76.4 Å². The number of hydrogen-bond acceptors (Lipinski definition) is 6. The smallest absolute Gasteiger partial charge is 0.269 e. The van der Waals surface area contributed by atoms with E-state index in [0.717, 1.165) is 28.9 Å². The van der Waals surface area contributed by atoms with Crippen LogP contribution in [0.5, 0.6) is 0 Å². The minimum atomic E-state index is -0.424. The van der Waals surface area contributed by atoms with Gasteiger partial charge in [0.1, 0.15) is 17.6 Å². The fourth-order valence-electron chi connectivity index (χ4n) is 4.51. The van der Waals surface area contributed by atoms with Crippen molar-refractivity contribution in [1.29, 1.82) is 0 Å². The Kier molecular flexibility index (Phi) is 4.62. The number of nitrogens with one attached hydrogen (secondary N) is 2. The fourth-order valence-corrected chi connectivity index (χ4v) is 4.51. The zero-order valence-corrected chi connectivity index (χ0v) is 17.8. The first-order valence-corrected chi connectivity index (χ1v) is 10.5. The Morgan fingerprint density at radius 2 is 1.72 bits per heavy atom. The molecule has 2 aliphatic rings. The summed E-state index contributed by atoms with van der Waals surface area (Å²) in [6, 6.07) is 17.5. The predicted molar refractivity (Wildman–Crippen MR) is 122 cm³/mol. The van der Waals surface area contributed by atoms with E-state index in [1.165, 1.54) is 12.1 Å². The number of benzene rings is 2. The number of anilines is 2. The quantitative estimate of drug-likeness (QED) is 0.387. The van der Waals surface area contributed by atoms with Gasteiger partial charge >= 0.3 is 0 Å². The number of furan rings is 1. The van der Waals surface area contributed by atoms with Crippen LogP contribution < -0.4 is 10.6 Å². The van der Waals surface area contributed by atoms with Crippen LogP contribution in [0, 0.1) is 15.5 Å². The molecule has 162 valence electrons. The number of carbonyl (C=O) groups is 1. The molecule has 2 aromatic carbocycles. The summed E-state index contributed by atoms with van der Waals surface area (Å²) in [6.45, 7) is 4.21. The summed E-state index contributed by atoms with van der Waals surface area (Å²) < 4.78 is 6.23. The normalized spacial score (nSPS) is 19.3. The van der Waals surface area contributed by atoms with Gasteiger partial charge in [0.15, 0.2) is 5.78 Å². The highest BCUT2D eigenvalue weighted by Crippen LogP contribution is 2.46. The SMILES string of the molecule is CC1(C)CC(=O)C2=C(C1)C(c1ccc(-c3ccc([N+](=O)[O-])cc3)o1)Nc1ccccc1N2. The summed E-state index contributed by atoms with van der Waals surface area (Å²) in [4.78, 5) is 23.6. The van der Waals surface area contributed by atoms with Crippen LogP contribution in [-0.4, -0.2) is 10.7 Å². The summed E-state index contributed by atoms with van der Waals surface area (Å²) in [6.07, 6.45) is 1.24. The third kappa shape index (κ3) is 3.56. The molecule has 0 fully saturated rings. The number of nitro benzene ring substituents is 1. The molecule has 1 aliphatic carbocycles. The standard InChI is InChI=1S/C25H23N3O4/c1-25(2)13-17-23(20(29)14-25)26-18-5-3-4-6-19(18)27-24(17)22-12-11-21(32-22)15-7-9-16(10-8-15)28(30)31/h3-12,24,26-27H,13-14H2,1-2H3. The highest BCUT2D eigenvalue weighted by molar-refractivity contribution is 6.02.